The van der Waals surface area contributed by atoms with Crippen molar-refractivity contribution in [1.29, 1.82) is 0 Å². The van der Waals surface area contributed by atoms with Crippen LogP contribution in [0.3, 0.4) is 0 Å². The SMILES string of the molecule is CCCN(Cc1nncn1C)CC1CCNCC1. The molecule has 1 aromatic rings. The molecule has 0 aromatic carbocycles. The van der Waals surface area contributed by atoms with Crippen LogP contribution in [0.15, 0.2) is 6.33 Å². The van der Waals surface area contributed by atoms with Gasteiger partial charge in [0.2, 0.25) is 0 Å². The van der Waals surface area contributed by atoms with Gasteiger partial charge in [0, 0.05) is 13.6 Å². The van der Waals surface area contributed by atoms with E-state index in [1.165, 1.54) is 38.9 Å². The van der Waals surface area contributed by atoms with Crippen LogP contribution in [0, 0.1) is 5.92 Å². The highest BCUT2D eigenvalue weighted by atomic mass is 15.3. The van der Waals surface area contributed by atoms with Crippen molar-refractivity contribution in [3.05, 3.63) is 12.2 Å². The Labute approximate surface area is 110 Å². The molecule has 1 aliphatic rings. The van der Waals surface area contributed by atoms with Gasteiger partial charge in [0.1, 0.15) is 12.2 Å². The zero-order chi connectivity index (χ0) is 12.8. The lowest BCUT2D eigenvalue weighted by Crippen LogP contribution is -2.36. The molecule has 1 aliphatic heterocycles. The monoisotopic (exact) mass is 251 g/mol. The summed E-state index contributed by atoms with van der Waals surface area (Å²) in [5.41, 5.74) is 0. The van der Waals surface area contributed by atoms with E-state index in [-0.39, 0.29) is 0 Å². The van der Waals surface area contributed by atoms with Gasteiger partial charge in [-0.15, -0.1) is 10.2 Å². The van der Waals surface area contributed by atoms with Crippen LogP contribution in [0.5, 0.6) is 0 Å². The lowest BCUT2D eigenvalue weighted by Gasteiger charge is -2.29. The molecule has 2 heterocycles. The molecule has 0 amide bonds. The molecule has 18 heavy (non-hydrogen) atoms. The summed E-state index contributed by atoms with van der Waals surface area (Å²) in [5.74, 6) is 1.91. The first kappa shape index (κ1) is 13.5. The van der Waals surface area contributed by atoms with Gasteiger partial charge in [-0.2, -0.15) is 0 Å². The molecular weight excluding hydrogens is 226 g/mol. The minimum absolute atomic E-state index is 0.839. The van der Waals surface area contributed by atoms with Crippen molar-refractivity contribution in [3.8, 4) is 0 Å². The fourth-order valence-electron chi connectivity index (χ4n) is 2.63. The summed E-state index contributed by atoms with van der Waals surface area (Å²) in [5, 5.41) is 11.6. The Morgan fingerprint density at radius 3 is 2.83 bits per heavy atom. The average molecular weight is 251 g/mol. The first-order valence-corrected chi connectivity index (χ1v) is 7.05. The summed E-state index contributed by atoms with van der Waals surface area (Å²) in [6.45, 7) is 7.86. The molecule has 0 atom stereocenters. The van der Waals surface area contributed by atoms with Crippen molar-refractivity contribution in [1.82, 2.24) is 25.0 Å². The van der Waals surface area contributed by atoms with Gasteiger partial charge in [0.25, 0.3) is 0 Å². The van der Waals surface area contributed by atoms with Crippen molar-refractivity contribution >= 4 is 0 Å². The fraction of sp³-hybridized carbons (Fsp3) is 0.846. The Bertz CT molecular complexity index is 343. The summed E-state index contributed by atoms with van der Waals surface area (Å²) < 4.78 is 2.02. The Morgan fingerprint density at radius 1 is 1.44 bits per heavy atom. The molecule has 0 bridgehead atoms. The predicted molar refractivity (Wildman–Crippen MR) is 72.2 cm³/mol. The number of aryl methyl sites for hydroxylation is 1. The third-order valence-corrected chi connectivity index (χ3v) is 3.69. The number of nitrogens with one attached hydrogen (secondary N) is 1. The highest BCUT2D eigenvalue weighted by Gasteiger charge is 2.17. The number of nitrogens with zero attached hydrogens (tertiary/aromatic N) is 4. The first-order valence-electron chi connectivity index (χ1n) is 7.05. The van der Waals surface area contributed by atoms with E-state index in [0.717, 1.165) is 24.8 Å². The van der Waals surface area contributed by atoms with E-state index in [1.54, 1.807) is 6.33 Å². The largest absolute Gasteiger partial charge is 0.320 e. The van der Waals surface area contributed by atoms with Crippen LogP contribution >= 0.6 is 0 Å². The number of aromatic nitrogens is 3. The molecule has 0 spiro atoms. The third-order valence-electron chi connectivity index (χ3n) is 3.69. The van der Waals surface area contributed by atoms with Gasteiger partial charge in [0.15, 0.2) is 0 Å². The van der Waals surface area contributed by atoms with Crippen LogP contribution in [-0.2, 0) is 13.6 Å². The molecule has 1 aromatic heterocycles. The zero-order valence-electron chi connectivity index (χ0n) is 11.6. The van der Waals surface area contributed by atoms with Crippen LogP contribution in [0.1, 0.15) is 32.0 Å². The summed E-state index contributed by atoms with van der Waals surface area (Å²) in [7, 11) is 2.02. The van der Waals surface area contributed by atoms with Gasteiger partial charge in [-0.3, -0.25) is 4.90 Å². The van der Waals surface area contributed by atoms with Crippen LogP contribution in [0.25, 0.3) is 0 Å². The van der Waals surface area contributed by atoms with Gasteiger partial charge < -0.3 is 9.88 Å². The van der Waals surface area contributed by atoms with E-state index < -0.39 is 0 Å². The molecule has 5 nitrogen and oxygen atoms in total. The van der Waals surface area contributed by atoms with Crippen LogP contribution < -0.4 is 5.32 Å². The van der Waals surface area contributed by atoms with E-state index >= 15 is 0 Å². The van der Waals surface area contributed by atoms with E-state index in [9.17, 15) is 0 Å². The second kappa shape index (κ2) is 6.85. The maximum absolute atomic E-state index is 4.19. The number of hydrogen-bond donors (Lipinski definition) is 1. The van der Waals surface area contributed by atoms with Crippen LogP contribution in [-0.4, -0.2) is 45.8 Å². The summed E-state index contributed by atoms with van der Waals surface area (Å²) in [6.07, 6.45) is 5.59. The normalized spacial score (nSPS) is 17.5. The Balaban J connectivity index is 1.88. The molecule has 0 radical (unpaired) electrons. The Morgan fingerprint density at radius 2 is 2.22 bits per heavy atom. The molecule has 0 aliphatic carbocycles. The molecule has 1 N–H and O–H groups in total. The molecule has 1 fully saturated rings. The van der Waals surface area contributed by atoms with Gasteiger partial charge >= 0.3 is 0 Å². The van der Waals surface area contributed by atoms with Crippen molar-refractivity contribution in [2.24, 2.45) is 13.0 Å². The Hall–Kier alpha value is -0.940. The molecule has 0 saturated carbocycles. The van der Waals surface area contributed by atoms with Crippen LogP contribution in [0.2, 0.25) is 0 Å². The van der Waals surface area contributed by atoms with Gasteiger partial charge in [-0.1, -0.05) is 6.92 Å². The Kier molecular flexibility index (Phi) is 5.13. The highest BCUT2D eigenvalue weighted by molar-refractivity contribution is 4.85. The van der Waals surface area contributed by atoms with Gasteiger partial charge in [0.05, 0.1) is 6.54 Å². The minimum Gasteiger partial charge on any atom is -0.320 e. The number of piperidine rings is 1. The van der Waals surface area contributed by atoms with Crippen molar-refractivity contribution in [2.75, 3.05) is 26.2 Å². The molecule has 1 saturated heterocycles. The molecular formula is C13H25N5. The highest BCUT2D eigenvalue weighted by Crippen LogP contribution is 2.15. The van der Waals surface area contributed by atoms with Crippen molar-refractivity contribution < 1.29 is 0 Å². The standard InChI is InChI=1S/C13H25N5/c1-3-8-18(9-12-4-6-14-7-5-12)10-13-16-15-11-17(13)2/h11-12,14H,3-10H2,1-2H3. The zero-order valence-corrected chi connectivity index (χ0v) is 11.6. The summed E-state index contributed by atoms with van der Waals surface area (Å²) in [6, 6.07) is 0. The van der Waals surface area contributed by atoms with Crippen molar-refractivity contribution in [3.63, 3.8) is 0 Å². The number of hydrogen-bond acceptors (Lipinski definition) is 4. The fourth-order valence-corrected chi connectivity index (χ4v) is 2.63. The molecule has 0 unspecified atom stereocenters. The van der Waals surface area contributed by atoms with E-state index in [1.807, 2.05) is 11.6 Å². The maximum Gasteiger partial charge on any atom is 0.146 e. The second-order valence-electron chi connectivity index (χ2n) is 5.29. The summed E-state index contributed by atoms with van der Waals surface area (Å²) in [4.78, 5) is 2.53. The minimum atomic E-state index is 0.839. The lowest BCUT2D eigenvalue weighted by molar-refractivity contribution is 0.193. The second-order valence-corrected chi connectivity index (χ2v) is 5.29. The molecule has 102 valence electrons. The lowest BCUT2D eigenvalue weighted by atomic mass is 9.97. The van der Waals surface area contributed by atoms with Crippen molar-refractivity contribution in [2.45, 2.75) is 32.7 Å². The third kappa shape index (κ3) is 3.78. The topological polar surface area (TPSA) is 46.0 Å². The summed E-state index contributed by atoms with van der Waals surface area (Å²) >= 11 is 0. The molecule has 5 heteroatoms. The smallest absolute Gasteiger partial charge is 0.146 e. The van der Waals surface area contributed by atoms with Crippen LogP contribution in [0.4, 0.5) is 0 Å². The van der Waals surface area contributed by atoms with Gasteiger partial charge in [-0.05, 0) is 44.8 Å². The predicted octanol–water partition coefficient (Wildman–Crippen LogP) is 1.03. The van der Waals surface area contributed by atoms with Gasteiger partial charge in [-0.25, -0.2) is 0 Å². The quantitative estimate of drug-likeness (QED) is 0.820. The first-order chi connectivity index (χ1) is 8.79. The van der Waals surface area contributed by atoms with E-state index in [2.05, 4.69) is 27.3 Å². The molecule has 2 rings (SSSR count). The van der Waals surface area contributed by atoms with E-state index in [0.29, 0.717) is 0 Å². The van der Waals surface area contributed by atoms with E-state index in [4.69, 9.17) is 0 Å². The maximum atomic E-state index is 4.19. The number of rotatable bonds is 6. The average Bonchev–Trinajstić information content (AvgIpc) is 2.77.